The lowest BCUT2D eigenvalue weighted by atomic mass is 9.85. The third-order valence-electron chi connectivity index (χ3n) is 12.7. The number of benzene rings is 10. The first-order chi connectivity index (χ1) is 36.2. The fraction of sp³-hybridized carbons (Fsp3) is 0.0312. The number of aryl methyl sites for hydroxylation is 2. The number of sulfone groups is 3. The fourth-order valence-corrected chi connectivity index (χ4v) is 12.4. The Bertz CT molecular complexity index is 4000. The molecule has 370 valence electrons. The number of hydrogen-bond acceptors (Lipinski definition) is 8. The van der Waals surface area contributed by atoms with Crippen molar-refractivity contribution >= 4 is 40.7 Å². The zero-order valence-electron chi connectivity index (χ0n) is 40.7. The highest BCUT2D eigenvalue weighted by Gasteiger charge is 2.22. The van der Waals surface area contributed by atoms with E-state index in [2.05, 4.69) is 104 Å². The second-order valence-electron chi connectivity index (χ2n) is 17.9. The summed E-state index contributed by atoms with van der Waals surface area (Å²) < 4.78 is 92.8. The van der Waals surface area contributed by atoms with Crippen molar-refractivity contribution in [3.8, 4) is 34.1 Å². The van der Waals surface area contributed by atoms with Gasteiger partial charge in [0.05, 0.1) is 29.4 Å². The molecule has 11 heteroatoms. The van der Waals surface area contributed by atoms with Crippen LogP contribution in [0.25, 0.3) is 22.3 Å². The molecule has 0 radical (unpaired) electrons. The Balaban J connectivity index is 0.787. The van der Waals surface area contributed by atoms with Crippen LogP contribution in [0.3, 0.4) is 0 Å². The molecule has 0 saturated carbocycles. The minimum atomic E-state index is -3.92. The van der Waals surface area contributed by atoms with E-state index in [-0.39, 0.29) is 29.4 Å². The van der Waals surface area contributed by atoms with E-state index >= 15 is 0 Å². The van der Waals surface area contributed by atoms with Gasteiger partial charge in [0.25, 0.3) is 0 Å². The molecule has 0 aliphatic heterocycles. The van der Waals surface area contributed by atoms with Crippen molar-refractivity contribution < 1.29 is 34.7 Å². The van der Waals surface area contributed by atoms with Gasteiger partial charge in [0.2, 0.25) is 29.5 Å². The first kappa shape index (κ1) is 49.9. The number of rotatable bonds is 15. The lowest BCUT2D eigenvalue weighted by Crippen LogP contribution is -2.02. The van der Waals surface area contributed by atoms with Gasteiger partial charge in [0, 0.05) is 0 Å². The van der Waals surface area contributed by atoms with E-state index in [9.17, 15) is 25.3 Å². The highest BCUT2D eigenvalue weighted by molar-refractivity contribution is 7.92. The van der Waals surface area contributed by atoms with Crippen LogP contribution in [0, 0.1) is 13.8 Å². The number of ether oxygens (including phenoxy) is 2. The van der Waals surface area contributed by atoms with Crippen molar-refractivity contribution in [2.24, 2.45) is 0 Å². The second kappa shape index (κ2) is 21.1. The molecular formula is C64H48O8S3. The zero-order chi connectivity index (χ0) is 52.2. The molecule has 0 spiro atoms. The Morgan fingerprint density at radius 2 is 0.467 bits per heavy atom. The summed E-state index contributed by atoms with van der Waals surface area (Å²) >= 11 is 0. The predicted molar refractivity (Wildman–Crippen MR) is 294 cm³/mol. The molecule has 0 saturated heterocycles. The van der Waals surface area contributed by atoms with Crippen LogP contribution < -0.4 is 9.47 Å². The zero-order valence-corrected chi connectivity index (χ0v) is 43.2. The Hall–Kier alpha value is -8.61. The first-order valence-corrected chi connectivity index (χ1v) is 28.4. The van der Waals surface area contributed by atoms with Gasteiger partial charge in [-0.1, -0.05) is 145 Å². The molecular weight excluding hydrogens is 993 g/mol. The summed E-state index contributed by atoms with van der Waals surface area (Å²) in [5.74, 6) is 1.45. The normalized spacial score (nSPS) is 12.1. The summed E-state index contributed by atoms with van der Waals surface area (Å²) in [5, 5.41) is 0. The van der Waals surface area contributed by atoms with Crippen LogP contribution in [0.4, 0.5) is 0 Å². The Kier molecular flexibility index (Phi) is 14.0. The maximum absolute atomic E-state index is 13.8. The molecule has 10 aromatic carbocycles. The molecule has 0 aliphatic rings. The lowest BCUT2D eigenvalue weighted by molar-refractivity contribution is 0.481. The summed E-state index contributed by atoms with van der Waals surface area (Å²) in [6.45, 7) is 3.97. The van der Waals surface area contributed by atoms with E-state index in [0.29, 0.717) is 23.0 Å². The van der Waals surface area contributed by atoms with Gasteiger partial charge in [0.1, 0.15) is 23.0 Å². The molecule has 10 aromatic rings. The average molecular weight is 1040 g/mol. The topological polar surface area (TPSA) is 121 Å². The van der Waals surface area contributed by atoms with Crippen LogP contribution in [0.2, 0.25) is 0 Å². The highest BCUT2D eigenvalue weighted by atomic mass is 32.2. The van der Waals surface area contributed by atoms with Crippen LogP contribution in [0.1, 0.15) is 33.4 Å². The van der Waals surface area contributed by atoms with Gasteiger partial charge < -0.3 is 9.47 Å². The minimum Gasteiger partial charge on any atom is -0.457 e. The van der Waals surface area contributed by atoms with Gasteiger partial charge >= 0.3 is 0 Å². The molecule has 0 bridgehead atoms. The van der Waals surface area contributed by atoms with Gasteiger partial charge in [-0.05, 0) is 180 Å². The highest BCUT2D eigenvalue weighted by Crippen LogP contribution is 2.38. The molecule has 0 amide bonds. The van der Waals surface area contributed by atoms with Gasteiger partial charge in [-0.3, -0.25) is 0 Å². The van der Waals surface area contributed by atoms with E-state index in [1.807, 2.05) is 31.2 Å². The SMILES string of the molecule is Cc1ccc(/C(=C(\c2ccccc2)c2ccc(-c3ccc(S(=O)(=O)c4ccc(Oc5ccc(S(=O)(=O)c6ccc(Oc7ccc(S(=O)(=O)c8ccc(C)cc8)cc7)cc6)cc5)cc4)cc3)cc2)c2ccccc2)cc1. The molecule has 0 atom stereocenters. The Morgan fingerprint density at radius 1 is 0.253 bits per heavy atom. The summed E-state index contributed by atoms with van der Waals surface area (Å²) in [6, 6.07) is 75.2. The number of hydrogen-bond donors (Lipinski definition) is 0. The Labute approximate surface area is 438 Å². The van der Waals surface area contributed by atoms with Crippen molar-refractivity contribution in [3.63, 3.8) is 0 Å². The molecule has 0 aromatic heterocycles. The van der Waals surface area contributed by atoms with E-state index in [1.165, 1.54) is 78.4 Å². The van der Waals surface area contributed by atoms with Crippen molar-refractivity contribution in [1.29, 1.82) is 0 Å². The molecule has 8 nitrogen and oxygen atoms in total. The van der Waals surface area contributed by atoms with E-state index in [1.54, 1.807) is 60.7 Å². The molecule has 0 heterocycles. The summed E-state index contributed by atoms with van der Waals surface area (Å²) in [4.78, 5) is 0.640. The van der Waals surface area contributed by atoms with Crippen LogP contribution in [0.15, 0.2) is 284 Å². The maximum Gasteiger partial charge on any atom is 0.206 e. The van der Waals surface area contributed by atoms with Crippen LogP contribution in [0.5, 0.6) is 23.0 Å². The van der Waals surface area contributed by atoms with Gasteiger partial charge in [0.15, 0.2) is 0 Å². The molecule has 0 unspecified atom stereocenters. The predicted octanol–water partition coefficient (Wildman–Crippen LogP) is 15.1. The van der Waals surface area contributed by atoms with Crippen molar-refractivity contribution in [2.75, 3.05) is 0 Å². The van der Waals surface area contributed by atoms with Crippen LogP contribution in [-0.2, 0) is 29.5 Å². The second-order valence-corrected chi connectivity index (χ2v) is 23.7. The average Bonchev–Trinajstić information content (AvgIpc) is 3.44. The monoisotopic (exact) mass is 1040 g/mol. The smallest absolute Gasteiger partial charge is 0.206 e. The third-order valence-corrected chi connectivity index (χ3v) is 18.1. The van der Waals surface area contributed by atoms with Gasteiger partial charge in [-0.25, -0.2) is 25.3 Å². The maximum atomic E-state index is 13.8. The molecule has 75 heavy (non-hydrogen) atoms. The van der Waals surface area contributed by atoms with E-state index in [4.69, 9.17) is 9.47 Å². The Morgan fingerprint density at radius 3 is 0.760 bits per heavy atom. The minimum absolute atomic E-state index is 0.0408. The quantitative estimate of drug-likeness (QED) is 0.0931. The molecule has 0 aliphatic carbocycles. The first-order valence-electron chi connectivity index (χ1n) is 23.9. The molecule has 0 fully saturated rings. The van der Waals surface area contributed by atoms with E-state index < -0.39 is 29.5 Å². The summed E-state index contributed by atoms with van der Waals surface area (Å²) in [6.07, 6.45) is 0. The standard InChI is InChI=1S/C64H48O8S3/c1-45-13-17-51(18-14-45)63(49-9-5-3-6-10-49)64(50-11-7-4-8-12-50)52-21-19-47(20-22-52)48-23-35-58(36-24-48)74(67,68)60-39-27-54(28-40-60)72-56-31-43-62(44-32-56)75(69,70)61-41-29-55(30-42-61)71-53-25-37-59(38-26-53)73(65,66)57-33-15-46(2)16-34-57/h3-44H,1-2H3/b64-63+. The largest absolute Gasteiger partial charge is 0.457 e. The summed E-state index contributed by atoms with van der Waals surface area (Å²) in [5.41, 5.74) is 10.5. The van der Waals surface area contributed by atoms with Crippen molar-refractivity contribution in [3.05, 3.63) is 288 Å². The van der Waals surface area contributed by atoms with Gasteiger partial charge in [-0.15, -0.1) is 0 Å². The van der Waals surface area contributed by atoms with Gasteiger partial charge in [-0.2, -0.15) is 0 Å². The fourth-order valence-electron chi connectivity index (χ4n) is 8.64. The van der Waals surface area contributed by atoms with Crippen LogP contribution >= 0.6 is 0 Å². The van der Waals surface area contributed by atoms with E-state index in [0.717, 1.165) is 50.1 Å². The van der Waals surface area contributed by atoms with Crippen LogP contribution in [-0.4, -0.2) is 25.3 Å². The summed E-state index contributed by atoms with van der Waals surface area (Å²) in [7, 11) is -11.5. The molecule has 0 N–H and O–H groups in total. The molecule has 10 rings (SSSR count). The lowest BCUT2D eigenvalue weighted by Gasteiger charge is -2.18. The van der Waals surface area contributed by atoms with Crippen molar-refractivity contribution in [2.45, 2.75) is 43.2 Å². The van der Waals surface area contributed by atoms with Crippen molar-refractivity contribution in [1.82, 2.24) is 0 Å². The third kappa shape index (κ3) is 10.9.